The highest BCUT2D eigenvalue weighted by atomic mass is 19.4. The van der Waals surface area contributed by atoms with E-state index in [2.05, 4.69) is 10.2 Å². The number of hydrogen-bond acceptors (Lipinski definition) is 2. The van der Waals surface area contributed by atoms with E-state index >= 15 is 0 Å². The van der Waals surface area contributed by atoms with Crippen molar-refractivity contribution in [2.24, 2.45) is 5.92 Å². The molecule has 0 aliphatic heterocycles. The van der Waals surface area contributed by atoms with Crippen molar-refractivity contribution in [1.29, 1.82) is 0 Å². The van der Waals surface area contributed by atoms with Gasteiger partial charge in [0.05, 0.1) is 17.3 Å². The fourth-order valence-electron chi connectivity index (χ4n) is 2.98. The third-order valence-corrected chi connectivity index (χ3v) is 3.89. The number of H-pyrrole nitrogens is 1. The van der Waals surface area contributed by atoms with E-state index in [4.69, 9.17) is 0 Å². The van der Waals surface area contributed by atoms with Gasteiger partial charge in [0.25, 0.3) is 0 Å². The molecule has 21 heavy (non-hydrogen) atoms. The van der Waals surface area contributed by atoms with E-state index in [-0.39, 0.29) is 17.4 Å². The predicted octanol–water partition coefficient (Wildman–Crippen LogP) is 3.79. The summed E-state index contributed by atoms with van der Waals surface area (Å²) in [5.41, 5.74) is 1.11. The predicted molar refractivity (Wildman–Crippen MR) is 67.5 cm³/mol. The maximum atomic E-state index is 13.7. The first-order chi connectivity index (χ1) is 9.87. The molecule has 1 aromatic heterocycles. The lowest BCUT2D eigenvalue weighted by Crippen LogP contribution is -2.22. The number of aromatic amines is 1. The maximum Gasteiger partial charge on any atom is 0.389 e. The molecule has 1 N–H and O–H groups in total. The lowest BCUT2D eigenvalue weighted by atomic mass is 9.91. The van der Waals surface area contributed by atoms with Crippen molar-refractivity contribution in [3.8, 4) is 0 Å². The highest BCUT2D eigenvalue weighted by Crippen LogP contribution is 2.35. The van der Waals surface area contributed by atoms with Crippen molar-refractivity contribution in [3.63, 3.8) is 0 Å². The van der Waals surface area contributed by atoms with Gasteiger partial charge in [0.2, 0.25) is 5.95 Å². The number of aromatic nitrogens is 2. The number of carbonyl (C=O) groups is 1. The first kappa shape index (κ1) is 14.0. The minimum Gasteiger partial charge on any atom is -0.294 e. The van der Waals surface area contributed by atoms with E-state index in [1.165, 1.54) is 12.1 Å². The average molecular weight is 300 g/mol. The van der Waals surface area contributed by atoms with Crippen molar-refractivity contribution in [2.75, 3.05) is 0 Å². The normalized spacial score (nSPS) is 19.6. The molecular weight excluding hydrogens is 288 g/mol. The molecule has 0 spiro atoms. The van der Waals surface area contributed by atoms with Crippen molar-refractivity contribution in [3.05, 3.63) is 29.2 Å². The van der Waals surface area contributed by atoms with Gasteiger partial charge in [0.15, 0.2) is 5.78 Å². The standard InChI is InChI=1S/C14H12F4N2O/c15-13-11-8-3-1-2-7(6-14(16,17)18)12(21)9(8)4-5-10(11)19-20-13/h4-5,7H,1-3,6H2,(H,19,20). The summed E-state index contributed by atoms with van der Waals surface area (Å²) in [6.07, 6.45) is -4.55. The van der Waals surface area contributed by atoms with Crippen LogP contribution in [0.5, 0.6) is 0 Å². The third-order valence-electron chi connectivity index (χ3n) is 3.89. The van der Waals surface area contributed by atoms with Gasteiger partial charge in [-0.1, -0.05) is 0 Å². The number of nitrogens with zero attached hydrogens (tertiary/aromatic N) is 1. The number of carbonyl (C=O) groups excluding carboxylic acids is 1. The van der Waals surface area contributed by atoms with E-state index in [1.54, 1.807) is 0 Å². The molecule has 0 amide bonds. The van der Waals surface area contributed by atoms with Crippen LogP contribution in [0.25, 0.3) is 10.9 Å². The van der Waals surface area contributed by atoms with Crippen molar-refractivity contribution in [2.45, 2.75) is 31.9 Å². The number of ketones is 1. The molecule has 0 radical (unpaired) electrons. The molecule has 0 saturated heterocycles. The van der Waals surface area contributed by atoms with Crippen LogP contribution in [-0.4, -0.2) is 22.2 Å². The molecule has 112 valence electrons. The molecule has 0 fully saturated rings. The second kappa shape index (κ2) is 4.82. The van der Waals surface area contributed by atoms with Gasteiger partial charge in [-0.25, -0.2) is 0 Å². The van der Waals surface area contributed by atoms with Gasteiger partial charge in [-0.3, -0.25) is 9.89 Å². The molecule has 7 heteroatoms. The summed E-state index contributed by atoms with van der Waals surface area (Å²) in [4.78, 5) is 12.3. The number of aryl methyl sites for hydroxylation is 1. The lowest BCUT2D eigenvalue weighted by Gasteiger charge is -2.15. The molecular formula is C14H12F4N2O. The molecule has 1 aromatic carbocycles. The number of halogens is 4. The monoisotopic (exact) mass is 300 g/mol. The van der Waals surface area contributed by atoms with Crippen LogP contribution < -0.4 is 0 Å². The minimum atomic E-state index is -4.38. The molecule has 1 heterocycles. The highest BCUT2D eigenvalue weighted by molar-refractivity contribution is 6.03. The van der Waals surface area contributed by atoms with E-state index < -0.39 is 30.2 Å². The Labute approximate surface area is 117 Å². The van der Waals surface area contributed by atoms with Gasteiger partial charge in [0.1, 0.15) is 0 Å². The third kappa shape index (κ3) is 2.52. The van der Waals surface area contributed by atoms with E-state index in [0.29, 0.717) is 23.9 Å². The molecule has 1 unspecified atom stereocenters. The van der Waals surface area contributed by atoms with Crippen molar-refractivity contribution in [1.82, 2.24) is 10.2 Å². The van der Waals surface area contributed by atoms with Crippen LogP contribution in [0.2, 0.25) is 0 Å². The number of hydrogen-bond donors (Lipinski definition) is 1. The van der Waals surface area contributed by atoms with Crippen LogP contribution in [0.3, 0.4) is 0 Å². The molecule has 2 aromatic rings. The Kier molecular flexibility index (Phi) is 3.22. The van der Waals surface area contributed by atoms with Gasteiger partial charge in [-0.15, -0.1) is 5.10 Å². The van der Waals surface area contributed by atoms with Crippen LogP contribution in [0.1, 0.15) is 35.2 Å². The Morgan fingerprint density at radius 3 is 2.81 bits per heavy atom. The van der Waals surface area contributed by atoms with Gasteiger partial charge >= 0.3 is 6.18 Å². The summed E-state index contributed by atoms with van der Waals surface area (Å²) >= 11 is 0. The Morgan fingerprint density at radius 2 is 2.10 bits per heavy atom. The fraction of sp³-hybridized carbons (Fsp3) is 0.429. The molecule has 1 aliphatic carbocycles. The van der Waals surface area contributed by atoms with Gasteiger partial charge < -0.3 is 0 Å². The van der Waals surface area contributed by atoms with Crippen molar-refractivity contribution >= 4 is 16.7 Å². The van der Waals surface area contributed by atoms with Crippen LogP contribution in [0.15, 0.2) is 12.1 Å². The summed E-state index contributed by atoms with van der Waals surface area (Å²) in [6.45, 7) is 0. The second-order valence-electron chi connectivity index (χ2n) is 5.30. The number of Topliss-reactive ketones (excluding diaryl/α,β-unsaturated/α-hetero) is 1. The quantitative estimate of drug-likeness (QED) is 0.643. The van der Waals surface area contributed by atoms with Gasteiger partial charge in [-0.2, -0.15) is 17.6 Å². The van der Waals surface area contributed by atoms with Crippen LogP contribution in [-0.2, 0) is 6.42 Å². The summed E-state index contributed by atoms with van der Waals surface area (Å²) in [5.74, 6) is -2.36. The Morgan fingerprint density at radius 1 is 1.33 bits per heavy atom. The largest absolute Gasteiger partial charge is 0.389 e. The smallest absolute Gasteiger partial charge is 0.294 e. The Hall–Kier alpha value is -1.92. The molecule has 3 nitrogen and oxygen atoms in total. The zero-order valence-electron chi connectivity index (χ0n) is 10.9. The number of benzene rings is 1. The summed E-state index contributed by atoms with van der Waals surface area (Å²) in [5, 5.41) is 6.18. The first-order valence-corrected chi connectivity index (χ1v) is 6.63. The molecule has 0 saturated carbocycles. The Bertz CT molecular complexity index is 705. The van der Waals surface area contributed by atoms with Crippen LogP contribution >= 0.6 is 0 Å². The van der Waals surface area contributed by atoms with E-state index in [0.717, 1.165) is 0 Å². The number of rotatable bonds is 1. The number of alkyl halides is 3. The first-order valence-electron chi connectivity index (χ1n) is 6.63. The van der Waals surface area contributed by atoms with Gasteiger partial charge in [-0.05, 0) is 37.0 Å². The number of nitrogens with one attached hydrogen (secondary N) is 1. The maximum absolute atomic E-state index is 13.7. The second-order valence-corrected chi connectivity index (χ2v) is 5.30. The average Bonchev–Trinajstić information content (AvgIpc) is 2.70. The highest BCUT2D eigenvalue weighted by Gasteiger charge is 2.37. The molecule has 1 atom stereocenters. The SMILES string of the molecule is O=C1c2ccc3[nH]nc(F)c3c2CCCC1CC(F)(F)F. The topological polar surface area (TPSA) is 45.8 Å². The van der Waals surface area contributed by atoms with E-state index in [9.17, 15) is 22.4 Å². The zero-order chi connectivity index (χ0) is 15.2. The molecule has 1 aliphatic rings. The summed E-state index contributed by atoms with van der Waals surface area (Å²) in [6, 6.07) is 2.95. The number of fused-ring (bicyclic) bond motifs is 3. The zero-order valence-corrected chi connectivity index (χ0v) is 10.9. The summed E-state index contributed by atoms with van der Waals surface area (Å²) < 4.78 is 51.4. The van der Waals surface area contributed by atoms with E-state index in [1.807, 2.05) is 0 Å². The van der Waals surface area contributed by atoms with Crippen LogP contribution in [0, 0.1) is 11.9 Å². The lowest BCUT2D eigenvalue weighted by molar-refractivity contribution is -0.141. The molecule has 0 bridgehead atoms. The van der Waals surface area contributed by atoms with Crippen LogP contribution in [0.4, 0.5) is 17.6 Å². The van der Waals surface area contributed by atoms with Gasteiger partial charge in [0, 0.05) is 11.5 Å². The summed E-state index contributed by atoms with van der Waals surface area (Å²) in [7, 11) is 0. The Balaban J connectivity index is 2.07. The molecule has 3 rings (SSSR count). The fourth-order valence-corrected chi connectivity index (χ4v) is 2.98. The minimum absolute atomic E-state index is 0.161. The van der Waals surface area contributed by atoms with Crippen molar-refractivity contribution < 1.29 is 22.4 Å².